The summed E-state index contributed by atoms with van der Waals surface area (Å²) in [7, 11) is 0. The van der Waals surface area contributed by atoms with Crippen LogP contribution in [0.4, 0.5) is 5.95 Å². The number of hydrogen-bond acceptors (Lipinski definition) is 4. The molecule has 0 aliphatic rings. The van der Waals surface area contributed by atoms with Crippen LogP contribution in [0.5, 0.6) is 0 Å². The monoisotopic (exact) mass is 239 g/mol. The van der Waals surface area contributed by atoms with E-state index in [9.17, 15) is 0 Å². The molecule has 0 aliphatic carbocycles. The Hall–Kier alpha value is -2.43. The van der Waals surface area contributed by atoms with E-state index in [4.69, 9.17) is 5.73 Å². The van der Waals surface area contributed by atoms with Gasteiger partial charge in [-0.3, -0.25) is 9.55 Å². The standard InChI is InChI=1S/C13H13N5/c1-9-6-11-12(16-7-9)18(13(14)17-11)8-10-2-4-15-5-3-10/h2-7H,8H2,1H3,(H2,14,17). The molecular weight excluding hydrogens is 226 g/mol. The highest BCUT2D eigenvalue weighted by molar-refractivity contribution is 5.74. The first-order valence-electron chi connectivity index (χ1n) is 5.71. The van der Waals surface area contributed by atoms with Crippen LogP contribution in [-0.2, 0) is 6.54 Å². The number of imidazole rings is 1. The Kier molecular flexibility index (Phi) is 2.44. The van der Waals surface area contributed by atoms with Crippen LogP contribution in [0.2, 0.25) is 0 Å². The Bertz CT molecular complexity index is 687. The van der Waals surface area contributed by atoms with Gasteiger partial charge in [0.05, 0.1) is 6.54 Å². The average Bonchev–Trinajstić information content (AvgIpc) is 2.66. The number of fused-ring (bicyclic) bond motifs is 1. The average molecular weight is 239 g/mol. The Labute approximate surface area is 104 Å². The number of nitrogens with zero attached hydrogens (tertiary/aromatic N) is 4. The molecular formula is C13H13N5. The summed E-state index contributed by atoms with van der Waals surface area (Å²) >= 11 is 0. The molecule has 0 atom stereocenters. The van der Waals surface area contributed by atoms with Gasteiger partial charge in [0, 0.05) is 18.6 Å². The van der Waals surface area contributed by atoms with Crippen molar-refractivity contribution in [3.8, 4) is 0 Å². The molecule has 0 aromatic carbocycles. The van der Waals surface area contributed by atoms with Crippen LogP contribution in [0.25, 0.3) is 11.2 Å². The van der Waals surface area contributed by atoms with Gasteiger partial charge in [0.15, 0.2) is 5.65 Å². The van der Waals surface area contributed by atoms with E-state index in [2.05, 4.69) is 15.0 Å². The van der Waals surface area contributed by atoms with Crippen LogP contribution in [0.3, 0.4) is 0 Å². The summed E-state index contributed by atoms with van der Waals surface area (Å²) in [5, 5.41) is 0. The lowest BCUT2D eigenvalue weighted by Crippen LogP contribution is -2.05. The maximum Gasteiger partial charge on any atom is 0.202 e. The molecule has 3 rings (SSSR count). The summed E-state index contributed by atoms with van der Waals surface area (Å²) in [4.78, 5) is 12.7. The van der Waals surface area contributed by atoms with E-state index in [0.29, 0.717) is 12.5 Å². The Morgan fingerprint density at radius 2 is 2.06 bits per heavy atom. The Balaban J connectivity index is 2.09. The molecule has 5 nitrogen and oxygen atoms in total. The molecule has 3 aromatic heterocycles. The van der Waals surface area contributed by atoms with Gasteiger partial charge in [-0.05, 0) is 36.2 Å². The Morgan fingerprint density at radius 3 is 2.83 bits per heavy atom. The summed E-state index contributed by atoms with van der Waals surface area (Å²) in [6.07, 6.45) is 5.36. The van der Waals surface area contributed by atoms with Crippen molar-refractivity contribution < 1.29 is 0 Å². The fourth-order valence-electron chi connectivity index (χ4n) is 1.96. The number of nitrogens with two attached hydrogens (primary N) is 1. The largest absolute Gasteiger partial charge is 0.369 e. The highest BCUT2D eigenvalue weighted by Crippen LogP contribution is 2.18. The van der Waals surface area contributed by atoms with Crippen molar-refractivity contribution in [2.24, 2.45) is 0 Å². The maximum atomic E-state index is 5.95. The molecule has 0 spiro atoms. The fraction of sp³-hybridized carbons (Fsp3) is 0.154. The molecule has 3 aromatic rings. The van der Waals surface area contributed by atoms with Gasteiger partial charge < -0.3 is 5.73 Å². The number of hydrogen-bond donors (Lipinski definition) is 1. The number of nitrogen functional groups attached to an aromatic ring is 1. The predicted molar refractivity (Wildman–Crippen MR) is 70.0 cm³/mol. The quantitative estimate of drug-likeness (QED) is 0.739. The minimum atomic E-state index is 0.486. The third kappa shape index (κ3) is 1.79. The van der Waals surface area contributed by atoms with Crippen molar-refractivity contribution in [2.45, 2.75) is 13.5 Å². The summed E-state index contributed by atoms with van der Waals surface area (Å²) in [5.41, 5.74) is 9.80. The summed E-state index contributed by atoms with van der Waals surface area (Å²) in [6.45, 7) is 2.64. The molecule has 5 heteroatoms. The SMILES string of the molecule is Cc1cnc2c(c1)nc(N)n2Cc1ccncc1. The molecule has 90 valence electrons. The highest BCUT2D eigenvalue weighted by atomic mass is 15.2. The van der Waals surface area contributed by atoms with E-state index in [1.807, 2.05) is 35.9 Å². The third-order valence-corrected chi connectivity index (χ3v) is 2.84. The molecule has 0 unspecified atom stereocenters. The summed E-state index contributed by atoms with van der Waals surface area (Å²) in [5.74, 6) is 0.486. The van der Waals surface area contributed by atoms with Crippen LogP contribution in [0.15, 0.2) is 36.8 Å². The van der Waals surface area contributed by atoms with Gasteiger partial charge in [0.2, 0.25) is 5.95 Å². The van der Waals surface area contributed by atoms with Gasteiger partial charge in [-0.1, -0.05) is 0 Å². The van der Waals surface area contributed by atoms with Crippen LogP contribution in [0.1, 0.15) is 11.1 Å². The lowest BCUT2D eigenvalue weighted by molar-refractivity contribution is 0.825. The number of rotatable bonds is 2. The van der Waals surface area contributed by atoms with Crippen molar-refractivity contribution in [1.29, 1.82) is 0 Å². The molecule has 0 amide bonds. The molecule has 0 saturated heterocycles. The van der Waals surface area contributed by atoms with E-state index in [0.717, 1.165) is 22.3 Å². The van der Waals surface area contributed by atoms with E-state index in [1.54, 1.807) is 12.4 Å². The lowest BCUT2D eigenvalue weighted by Gasteiger charge is -2.05. The van der Waals surface area contributed by atoms with Gasteiger partial charge in [-0.2, -0.15) is 0 Å². The highest BCUT2D eigenvalue weighted by Gasteiger charge is 2.09. The van der Waals surface area contributed by atoms with Crippen molar-refractivity contribution in [1.82, 2.24) is 19.5 Å². The number of aryl methyl sites for hydroxylation is 1. The first kappa shape index (κ1) is 10.7. The maximum absolute atomic E-state index is 5.95. The lowest BCUT2D eigenvalue weighted by atomic mass is 10.2. The summed E-state index contributed by atoms with van der Waals surface area (Å²) < 4.78 is 1.91. The molecule has 0 radical (unpaired) electrons. The molecule has 0 aliphatic heterocycles. The zero-order valence-electron chi connectivity index (χ0n) is 10.0. The van der Waals surface area contributed by atoms with Crippen molar-refractivity contribution in [2.75, 3.05) is 5.73 Å². The Morgan fingerprint density at radius 1 is 1.28 bits per heavy atom. The first-order chi connectivity index (χ1) is 8.74. The number of aromatic nitrogens is 4. The topological polar surface area (TPSA) is 69.6 Å². The van der Waals surface area contributed by atoms with Crippen molar-refractivity contribution >= 4 is 17.1 Å². The van der Waals surface area contributed by atoms with Gasteiger partial charge in [-0.15, -0.1) is 0 Å². The van der Waals surface area contributed by atoms with Gasteiger partial charge in [0.25, 0.3) is 0 Å². The minimum Gasteiger partial charge on any atom is -0.369 e. The van der Waals surface area contributed by atoms with Crippen LogP contribution >= 0.6 is 0 Å². The predicted octanol–water partition coefficient (Wildman–Crippen LogP) is 1.77. The molecule has 0 saturated carbocycles. The minimum absolute atomic E-state index is 0.486. The molecule has 0 fully saturated rings. The number of anilines is 1. The molecule has 3 heterocycles. The van der Waals surface area contributed by atoms with E-state index in [-0.39, 0.29) is 0 Å². The normalized spacial score (nSPS) is 10.9. The number of pyridine rings is 2. The van der Waals surface area contributed by atoms with E-state index in [1.165, 1.54) is 0 Å². The van der Waals surface area contributed by atoms with Gasteiger partial charge in [0.1, 0.15) is 5.52 Å². The van der Waals surface area contributed by atoms with Crippen LogP contribution < -0.4 is 5.73 Å². The third-order valence-electron chi connectivity index (χ3n) is 2.84. The second-order valence-corrected chi connectivity index (χ2v) is 4.27. The molecule has 0 bridgehead atoms. The molecule has 18 heavy (non-hydrogen) atoms. The van der Waals surface area contributed by atoms with Gasteiger partial charge in [-0.25, -0.2) is 9.97 Å². The van der Waals surface area contributed by atoms with Crippen molar-refractivity contribution in [3.63, 3.8) is 0 Å². The zero-order valence-corrected chi connectivity index (χ0v) is 10.0. The van der Waals surface area contributed by atoms with Crippen LogP contribution in [0, 0.1) is 6.92 Å². The second-order valence-electron chi connectivity index (χ2n) is 4.27. The zero-order chi connectivity index (χ0) is 12.5. The van der Waals surface area contributed by atoms with Gasteiger partial charge >= 0.3 is 0 Å². The first-order valence-corrected chi connectivity index (χ1v) is 5.71. The second kappa shape index (κ2) is 4.10. The smallest absolute Gasteiger partial charge is 0.202 e. The van der Waals surface area contributed by atoms with Crippen molar-refractivity contribution in [3.05, 3.63) is 47.9 Å². The van der Waals surface area contributed by atoms with E-state index < -0.39 is 0 Å². The fourth-order valence-corrected chi connectivity index (χ4v) is 1.96. The van der Waals surface area contributed by atoms with Crippen LogP contribution in [-0.4, -0.2) is 19.5 Å². The van der Waals surface area contributed by atoms with E-state index >= 15 is 0 Å². The summed E-state index contributed by atoms with van der Waals surface area (Å²) in [6, 6.07) is 5.90. The molecule has 2 N–H and O–H groups in total.